The Bertz CT molecular complexity index is 991. The number of amides is 1. The van der Waals surface area contributed by atoms with E-state index in [4.69, 9.17) is 4.74 Å². The van der Waals surface area contributed by atoms with E-state index in [0.717, 1.165) is 5.56 Å². The maximum absolute atomic E-state index is 13.2. The summed E-state index contributed by atoms with van der Waals surface area (Å²) in [4.78, 5) is 13.8. The minimum atomic E-state index is -3.95. The number of anilines is 2. The van der Waals surface area contributed by atoms with Crippen LogP contribution in [-0.2, 0) is 21.2 Å². The molecule has 6 nitrogen and oxygen atoms in total. The van der Waals surface area contributed by atoms with E-state index in [-0.39, 0.29) is 16.8 Å². The number of hydrogen-bond donors (Lipinski definition) is 1. The first kappa shape index (κ1) is 19.7. The smallest absolute Gasteiger partial charge is 0.264 e. The molecule has 2 aromatic carbocycles. The molecule has 0 spiro atoms. The number of halogens is 1. The molecule has 0 unspecified atom stereocenters. The Labute approximate surface area is 167 Å². The van der Waals surface area contributed by atoms with Gasteiger partial charge in [0.2, 0.25) is 5.91 Å². The molecule has 1 heterocycles. The molecule has 1 aliphatic heterocycles. The zero-order valence-electron chi connectivity index (χ0n) is 15.3. The van der Waals surface area contributed by atoms with Crippen LogP contribution in [0.4, 0.5) is 11.4 Å². The largest absolute Gasteiger partial charge is 0.492 e. The minimum absolute atomic E-state index is 0.0673. The Morgan fingerprint density at radius 2 is 2.04 bits per heavy atom. The van der Waals surface area contributed by atoms with Gasteiger partial charge in [0.25, 0.3) is 10.0 Å². The molecule has 0 aromatic heterocycles. The van der Waals surface area contributed by atoms with Crippen molar-refractivity contribution in [1.29, 1.82) is 0 Å². The van der Waals surface area contributed by atoms with E-state index < -0.39 is 10.0 Å². The van der Waals surface area contributed by atoms with Crippen molar-refractivity contribution in [1.82, 2.24) is 0 Å². The normalized spacial score (nSPS) is 16.1. The van der Waals surface area contributed by atoms with Gasteiger partial charge < -0.3 is 9.64 Å². The van der Waals surface area contributed by atoms with E-state index in [2.05, 4.69) is 20.7 Å². The van der Waals surface area contributed by atoms with Gasteiger partial charge in [0.1, 0.15) is 10.6 Å². The highest BCUT2D eigenvalue weighted by Crippen LogP contribution is 2.41. The third-order valence-electron chi connectivity index (χ3n) is 4.38. The van der Waals surface area contributed by atoms with Crippen LogP contribution in [0, 0.1) is 0 Å². The summed E-state index contributed by atoms with van der Waals surface area (Å²) in [5.41, 5.74) is 1.62. The molecule has 0 aliphatic carbocycles. The van der Waals surface area contributed by atoms with Crippen LogP contribution in [0.3, 0.4) is 0 Å². The Morgan fingerprint density at radius 1 is 1.33 bits per heavy atom. The van der Waals surface area contributed by atoms with Crippen LogP contribution >= 0.6 is 15.9 Å². The van der Waals surface area contributed by atoms with Gasteiger partial charge in [0, 0.05) is 17.4 Å². The zero-order valence-corrected chi connectivity index (χ0v) is 17.7. The first-order valence-corrected chi connectivity index (χ1v) is 10.9. The summed E-state index contributed by atoms with van der Waals surface area (Å²) in [6.07, 6.45) is 0.604. The molecule has 1 aliphatic rings. The number of fused-ring (bicyclic) bond motifs is 1. The van der Waals surface area contributed by atoms with Crippen molar-refractivity contribution in [2.45, 2.75) is 38.1 Å². The number of carbonyl (C=O) groups excluding carboxylic acids is 1. The van der Waals surface area contributed by atoms with Crippen LogP contribution in [0.15, 0.2) is 45.8 Å². The highest BCUT2D eigenvalue weighted by atomic mass is 79.9. The van der Waals surface area contributed by atoms with Gasteiger partial charge in [0.15, 0.2) is 0 Å². The monoisotopic (exact) mass is 452 g/mol. The van der Waals surface area contributed by atoms with Crippen LogP contribution in [0.1, 0.15) is 26.3 Å². The fraction of sp³-hybridized carbons (Fsp3) is 0.316. The number of hydrogen-bond acceptors (Lipinski definition) is 4. The van der Waals surface area contributed by atoms with Crippen LogP contribution < -0.4 is 14.4 Å². The van der Waals surface area contributed by atoms with Gasteiger partial charge in [-0.1, -0.05) is 28.1 Å². The lowest BCUT2D eigenvalue weighted by molar-refractivity contribution is -0.116. The number of ether oxygens (including phenoxy) is 1. The molecule has 0 saturated heterocycles. The first-order chi connectivity index (χ1) is 12.7. The Kier molecular flexibility index (Phi) is 5.48. The predicted octanol–water partition coefficient (Wildman–Crippen LogP) is 3.95. The van der Waals surface area contributed by atoms with Gasteiger partial charge in [-0.3, -0.25) is 9.52 Å². The maximum Gasteiger partial charge on any atom is 0.264 e. The van der Waals surface area contributed by atoms with Crippen molar-refractivity contribution in [2.24, 2.45) is 0 Å². The summed E-state index contributed by atoms with van der Waals surface area (Å²) in [7, 11) is -3.95. The number of sulfonamides is 1. The predicted molar refractivity (Wildman–Crippen MR) is 109 cm³/mol. The second-order valence-electron chi connectivity index (χ2n) is 6.39. The van der Waals surface area contributed by atoms with Gasteiger partial charge in [-0.05, 0) is 50.1 Å². The summed E-state index contributed by atoms with van der Waals surface area (Å²) >= 11 is 3.39. The van der Waals surface area contributed by atoms with Crippen LogP contribution in [0.5, 0.6) is 5.75 Å². The van der Waals surface area contributed by atoms with Gasteiger partial charge >= 0.3 is 0 Å². The number of rotatable bonds is 5. The lowest BCUT2D eigenvalue weighted by Crippen LogP contribution is -2.34. The average Bonchev–Trinajstić information content (AvgIpc) is 2.91. The Hall–Kier alpha value is -2.06. The number of carbonyl (C=O) groups is 1. The van der Waals surface area contributed by atoms with Crippen molar-refractivity contribution in [2.75, 3.05) is 16.2 Å². The second kappa shape index (κ2) is 7.52. The fourth-order valence-corrected chi connectivity index (χ4v) is 5.38. The first-order valence-electron chi connectivity index (χ1n) is 8.61. The summed E-state index contributed by atoms with van der Waals surface area (Å²) in [5.74, 6) is 0.266. The quantitative estimate of drug-likeness (QED) is 0.744. The molecule has 1 amide bonds. The molecule has 3 rings (SSSR count). The van der Waals surface area contributed by atoms with Gasteiger partial charge in [-0.15, -0.1) is 0 Å². The summed E-state index contributed by atoms with van der Waals surface area (Å²) < 4.78 is 35.2. The molecule has 0 fully saturated rings. The maximum atomic E-state index is 13.2. The standard InChI is InChI=1S/C19H21BrN2O4S/c1-4-26-17-8-6-5-7-16(17)21-27(24,25)18-11-15(20)10-14-9-12(2)22(13(3)23)19(14)18/h5-8,10-12,21H,4,9H2,1-3H3/t12-/m1/s1. The molecule has 27 heavy (non-hydrogen) atoms. The van der Waals surface area contributed by atoms with Crippen LogP contribution in [-0.4, -0.2) is 27.0 Å². The Morgan fingerprint density at radius 3 is 2.70 bits per heavy atom. The average molecular weight is 453 g/mol. The third kappa shape index (κ3) is 3.82. The van der Waals surface area contributed by atoms with E-state index in [0.29, 0.717) is 34.6 Å². The van der Waals surface area contributed by atoms with Crippen molar-refractivity contribution >= 4 is 43.2 Å². The number of nitrogens with one attached hydrogen (secondary N) is 1. The van der Waals surface area contributed by atoms with Crippen molar-refractivity contribution in [3.05, 3.63) is 46.4 Å². The van der Waals surface area contributed by atoms with Crippen molar-refractivity contribution in [3.8, 4) is 5.75 Å². The molecular formula is C19H21BrN2O4S. The minimum Gasteiger partial charge on any atom is -0.492 e. The molecular weight excluding hydrogens is 432 g/mol. The van der Waals surface area contributed by atoms with Crippen LogP contribution in [0.2, 0.25) is 0 Å². The second-order valence-corrected chi connectivity index (χ2v) is 8.95. The van der Waals surface area contributed by atoms with E-state index in [1.165, 1.54) is 13.0 Å². The Balaban J connectivity index is 2.11. The molecule has 144 valence electrons. The molecule has 0 bridgehead atoms. The molecule has 0 radical (unpaired) electrons. The molecule has 8 heteroatoms. The third-order valence-corrected chi connectivity index (χ3v) is 6.21. The van der Waals surface area contributed by atoms with Gasteiger partial charge in [-0.25, -0.2) is 8.42 Å². The van der Waals surface area contributed by atoms with Gasteiger partial charge in [-0.2, -0.15) is 0 Å². The summed E-state index contributed by atoms with van der Waals surface area (Å²) in [6.45, 7) is 5.60. The SMILES string of the molecule is CCOc1ccccc1NS(=O)(=O)c1cc(Br)cc2c1N(C(C)=O)[C@H](C)C2. The highest BCUT2D eigenvalue weighted by Gasteiger charge is 2.35. The summed E-state index contributed by atoms with van der Waals surface area (Å²) in [5, 5.41) is 0. The van der Waals surface area contributed by atoms with E-state index in [1.54, 1.807) is 29.2 Å². The van der Waals surface area contributed by atoms with E-state index in [1.807, 2.05) is 19.9 Å². The lowest BCUT2D eigenvalue weighted by atomic mass is 10.1. The van der Waals surface area contributed by atoms with E-state index in [9.17, 15) is 13.2 Å². The zero-order chi connectivity index (χ0) is 19.8. The van der Waals surface area contributed by atoms with Crippen LogP contribution in [0.25, 0.3) is 0 Å². The molecule has 1 N–H and O–H groups in total. The summed E-state index contributed by atoms with van der Waals surface area (Å²) in [6, 6.07) is 10.1. The molecule has 1 atom stereocenters. The highest BCUT2D eigenvalue weighted by molar-refractivity contribution is 9.10. The van der Waals surface area contributed by atoms with Crippen molar-refractivity contribution < 1.29 is 17.9 Å². The van der Waals surface area contributed by atoms with E-state index >= 15 is 0 Å². The lowest BCUT2D eigenvalue weighted by Gasteiger charge is -2.23. The molecule has 2 aromatic rings. The van der Waals surface area contributed by atoms with Crippen molar-refractivity contribution in [3.63, 3.8) is 0 Å². The number of para-hydroxylation sites is 2. The fourth-order valence-electron chi connectivity index (χ4n) is 3.39. The van der Waals surface area contributed by atoms with Gasteiger partial charge in [0.05, 0.1) is 18.0 Å². The topological polar surface area (TPSA) is 75.7 Å². The molecule has 0 saturated carbocycles. The number of nitrogens with zero attached hydrogens (tertiary/aromatic N) is 1. The number of benzene rings is 2.